The van der Waals surface area contributed by atoms with Gasteiger partial charge in [-0.3, -0.25) is 0 Å². The number of amides is 1. The number of ether oxygens (including phenoxy) is 1. The Morgan fingerprint density at radius 1 is 1.32 bits per heavy atom. The molecule has 0 saturated heterocycles. The molecule has 0 aliphatic carbocycles. The number of rotatable bonds is 4. The number of benzene rings is 1. The van der Waals surface area contributed by atoms with Gasteiger partial charge in [0.05, 0.1) is 12.2 Å². The molecule has 1 aromatic carbocycles. The monoisotopic (exact) mass is 302 g/mol. The van der Waals surface area contributed by atoms with Crippen LogP contribution in [0.1, 0.15) is 20.8 Å². The quantitative estimate of drug-likeness (QED) is 0.909. The minimum absolute atomic E-state index is 0.398. The Balaban J connectivity index is 1.92. The first-order valence-electron chi connectivity index (χ1n) is 7.21. The number of nitrogens with zero attached hydrogens (tertiary/aromatic N) is 2. The molecule has 0 radical (unpaired) electrons. The molecule has 118 valence electrons. The Hall–Kier alpha value is -2.50. The van der Waals surface area contributed by atoms with Crippen molar-refractivity contribution in [3.8, 4) is 11.3 Å². The second-order valence-electron chi connectivity index (χ2n) is 5.97. The lowest BCUT2D eigenvalue weighted by atomic mass is 10.2. The van der Waals surface area contributed by atoms with E-state index in [-0.39, 0.29) is 0 Å². The average molecular weight is 302 g/mol. The van der Waals surface area contributed by atoms with Gasteiger partial charge in [-0.25, -0.2) is 9.48 Å². The number of carbonyl (C=O) groups is 1. The highest BCUT2D eigenvalue weighted by atomic mass is 16.6. The maximum absolute atomic E-state index is 11.6. The van der Waals surface area contributed by atoms with Gasteiger partial charge in [0.2, 0.25) is 0 Å². The highest BCUT2D eigenvalue weighted by molar-refractivity contribution is 5.67. The van der Waals surface area contributed by atoms with E-state index in [0.717, 1.165) is 11.3 Å². The molecule has 0 unspecified atom stereocenters. The molecule has 3 N–H and O–H groups in total. The number of nitrogens with two attached hydrogens (primary N) is 1. The largest absolute Gasteiger partial charge is 0.444 e. The lowest BCUT2D eigenvalue weighted by Gasteiger charge is -2.19. The number of hydrogen-bond acceptors (Lipinski definition) is 4. The van der Waals surface area contributed by atoms with E-state index in [4.69, 9.17) is 10.5 Å². The van der Waals surface area contributed by atoms with Gasteiger partial charge in [-0.05, 0) is 20.8 Å². The lowest BCUT2D eigenvalue weighted by Crippen LogP contribution is -2.34. The summed E-state index contributed by atoms with van der Waals surface area (Å²) in [6.07, 6.45) is -0.443. The molecule has 0 saturated carbocycles. The van der Waals surface area contributed by atoms with Crippen molar-refractivity contribution in [1.82, 2.24) is 15.1 Å². The second kappa shape index (κ2) is 6.51. The van der Waals surface area contributed by atoms with Crippen molar-refractivity contribution >= 4 is 11.9 Å². The van der Waals surface area contributed by atoms with Gasteiger partial charge in [-0.15, -0.1) is 0 Å². The summed E-state index contributed by atoms with van der Waals surface area (Å²) in [6.45, 7) is 6.35. The van der Waals surface area contributed by atoms with Gasteiger partial charge in [-0.2, -0.15) is 5.10 Å². The molecule has 2 rings (SSSR count). The first-order chi connectivity index (χ1) is 10.3. The summed E-state index contributed by atoms with van der Waals surface area (Å²) >= 11 is 0. The van der Waals surface area contributed by atoms with Crippen LogP contribution in [0.25, 0.3) is 11.3 Å². The van der Waals surface area contributed by atoms with Gasteiger partial charge in [-0.1, -0.05) is 30.3 Å². The third-order valence-corrected chi connectivity index (χ3v) is 2.87. The molecule has 0 spiro atoms. The van der Waals surface area contributed by atoms with Crippen LogP contribution in [-0.2, 0) is 11.3 Å². The van der Waals surface area contributed by atoms with E-state index in [0.29, 0.717) is 18.9 Å². The first kappa shape index (κ1) is 15.9. The van der Waals surface area contributed by atoms with E-state index in [9.17, 15) is 4.79 Å². The number of nitrogens with one attached hydrogen (secondary N) is 1. The van der Waals surface area contributed by atoms with E-state index in [1.165, 1.54) is 0 Å². The summed E-state index contributed by atoms with van der Waals surface area (Å²) in [5.41, 5.74) is 7.27. The fourth-order valence-corrected chi connectivity index (χ4v) is 1.94. The standard InChI is InChI=1S/C16H22N4O2/c1-16(2,3)22-15(21)18-9-10-20-14(17)11-13(19-20)12-7-5-4-6-8-12/h4-8,11H,9-10,17H2,1-3H3,(H,18,21). The van der Waals surface area contributed by atoms with Crippen molar-refractivity contribution in [3.05, 3.63) is 36.4 Å². The van der Waals surface area contributed by atoms with E-state index in [1.807, 2.05) is 57.2 Å². The number of hydrogen-bond donors (Lipinski definition) is 2. The molecule has 0 atom stereocenters. The summed E-state index contributed by atoms with van der Waals surface area (Å²) in [6, 6.07) is 11.6. The zero-order chi connectivity index (χ0) is 16.2. The summed E-state index contributed by atoms with van der Waals surface area (Å²) in [5.74, 6) is 0.560. The Kier molecular flexibility index (Phi) is 4.70. The molecule has 2 aromatic rings. The van der Waals surface area contributed by atoms with Crippen molar-refractivity contribution in [2.75, 3.05) is 12.3 Å². The second-order valence-corrected chi connectivity index (χ2v) is 5.97. The SMILES string of the molecule is CC(C)(C)OC(=O)NCCn1nc(-c2ccccc2)cc1N. The van der Waals surface area contributed by atoms with Crippen LogP contribution >= 0.6 is 0 Å². The van der Waals surface area contributed by atoms with Crippen LogP contribution < -0.4 is 11.1 Å². The van der Waals surface area contributed by atoms with E-state index in [1.54, 1.807) is 4.68 Å². The molecule has 0 aliphatic rings. The third-order valence-electron chi connectivity index (χ3n) is 2.87. The number of nitrogen functional groups attached to an aromatic ring is 1. The minimum Gasteiger partial charge on any atom is -0.444 e. The summed E-state index contributed by atoms with van der Waals surface area (Å²) in [7, 11) is 0. The smallest absolute Gasteiger partial charge is 0.407 e. The molecule has 1 aromatic heterocycles. The number of aromatic nitrogens is 2. The lowest BCUT2D eigenvalue weighted by molar-refractivity contribution is 0.0525. The maximum atomic E-state index is 11.6. The van der Waals surface area contributed by atoms with Crippen LogP contribution in [0.15, 0.2) is 36.4 Å². The Labute approximate surface area is 130 Å². The van der Waals surface area contributed by atoms with E-state index < -0.39 is 11.7 Å². The fraction of sp³-hybridized carbons (Fsp3) is 0.375. The third kappa shape index (κ3) is 4.51. The van der Waals surface area contributed by atoms with Crippen LogP contribution in [0.3, 0.4) is 0 Å². The van der Waals surface area contributed by atoms with Crippen molar-refractivity contribution < 1.29 is 9.53 Å². The van der Waals surface area contributed by atoms with Crippen LogP contribution in [0, 0.1) is 0 Å². The number of carbonyl (C=O) groups excluding carboxylic acids is 1. The Bertz CT molecular complexity index is 629. The number of anilines is 1. The minimum atomic E-state index is -0.505. The van der Waals surface area contributed by atoms with Crippen molar-refractivity contribution in [1.29, 1.82) is 0 Å². The average Bonchev–Trinajstić information content (AvgIpc) is 2.79. The van der Waals surface area contributed by atoms with Gasteiger partial charge >= 0.3 is 6.09 Å². The number of alkyl carbamates (subject to hydrolysis) is 1. The predicted octanol–water partition coefficient (Wildman–Crippen LogP) is 2.66. The van der Waals surface area contributed by atoms with E-state index >= 15 is 0 Å². The van der Waals surface area contributed by atoms with Crippen LogP contribution in [0.4, 0.5) is 10.6 Å². The Morgan fingerprint density at radius 3 is 2.64 bits per heavy atom. The fourth-order valence-electron chi connectivity index (χ4n) is 1.94. The molecule has 6 nitrogen and oxygen atoms in total. The van der Waals surface area contributed by atoms with Crippen molar-refractivity contribution in [3.63, 3.8) is 0 Å². The van der Waals surface area contributed by atoms with Crippen LogP contribution in [0.2, 0.25) is 0 Å². The summed E-state index contributed by atoms with van der Waals surface area (Å²) in [4.78, 5) is 11.6. The molecule has 22 heavy (non-hydrogen) atoms. The molecule has 0 fully saturated rings. The Morgan fingerprint density at radius 2 is 2.00 bits per heavy atom. The molecule has 0 aliphatic heterocycles. The molecular weight excluding hydrogens is 280 g/mol. The van der Waals surface area contributed by atoms with E-state index in [2.05, 4.69) is 10.4 Å². The molecule has 1 heterocycles. The van der Waals surface area contributed by atoms with Crippen LogP contribution in [-0.4, -0.2) is 28.0 Å². The zero-order valence-corrected chi connectivity index (χ0v) is 13.2. The molecule has 6 heteroatoms. The molecular formula is C16H22N4O2. The van der Waals surface area contributed by atoms with Gasteiger partial charge < -0.3 is 15.8 Å². The highest BCUT2D eigenvalue weighted by Gasteiger charge is 2.15. The van der Waals surface area contributed by atoms with Gasteiger partial charge in [0.25, 0.3) is 0 Å². The van der Waals surface area contributed by atoms with Gasteiger partial charge in [0, 0.05) is 18.2 Å². The molecule has 0 bridgehead atoms. The van der Waals surface area contributed by atoms with Crippen molar-refractivity contribution in [2.45, 2.75) is 32.9 Å². The van der Waals surface area contributed by atoms with Gasteiger partial charge in [0.1, 0.15) is 11.4 Å². The predicted molar refractivity (Wildman–Crippen MR) is 86.3 cm³/mol. The van der Waals surface area contributed by atoms with Gasteiger partial charge in [0.15, 0.2) is 0 Å². The molecule has 1 amide bonds. The zero-order valence-electron chi connectivity index (χ0n) is 13.2. The van der Waals surface area contributed by atoms with Crippen LogP contribution in [0.5, 0.6) is 0 Å². The summed E-state index contributed by atoms with van der Waals surface area (Å²) < 4.78 is 6.84. The highest BCUT2D eigenvalue weighted by Crippen LogP contribution is 2.19. The maximum Gasteiger partial charge on any atom is 0.407 e. The first-order valence-corrected chi connectivity index (χ1v) is 7.21. The van der Waals surface area contributed by atoms with Crippen molar-refractivity contribution in [2.24, 2.45) is 0 Å². The summed E-state index contributed by atoms with van der Waals surface area (Å²) in [5, 5.41) is 7.14. The topological polar surface area (TPSA) is 82.2 Å². The normalized spacial score (nSPS) is 11.2.